The zero-order valence-electron chi connectivity index (χ0n) is 13.2. The van der Waals surface area contributed by atoms with Crippen LogP contribution in [0.1, 0.15) is 31.2 Å². The van der Waals surface area contributed by atoms with Crippen molar-refractivity contribution in [2.45, 2.75) is 37.8 Å². The van der Waals surface area contributed by atoms with Gasteiger partial charge in [0.25, 0.3) is 5.91 Å². The quantitative estimate of drug-likeness (QED) is 0.884. The summed E-state index contributed by atoms with van der Waals surface area (Å²) in [4.78, 5) is 16.2. The van der Waals surface area contributed by atoms with Gasteiger partial charge in [0.1, 0.15) is 17.2 Å². The molecule has 3 rings (SSSR count). The van der Waals surface area contributed by atoms with E-state index in [0.29, 0.717) is 31.0 Å². The van der Waals surface area contributed by atoms with Gasteiger partial charge in [-0.1, -0.05) is 6.07 Å². The average Bonchev–Trinajstić information content (AvgIpc) is 3.04. The van der Waals surface area contributed by atoms with Crippen molar-refractivity contribution in [3.8, 4) is 11.6 Å². The first-order valence-electron chi connectivity index (χ1n) is 7.94. The Morgan fingerprint density at radius 1 is 1.21 bits per heavy atom. The third-order valence-electron chi connectivity index (χ3n) is 4.14. The normalized spacial score (nSPS) is 15.9. The Balaban J connectivity index is 1.54. The molecule has 1 aliphatic rings. The summed E-state index contributed by atoms with van der Waals surface area (Å²) in [5, 5.41) is 12.9. The molecule has 2 aromatic rings. The monoisotopic (exact) mass is 330 g/mol. The lowest BCUT2D eigenvalue weighted by Crippen LogP contribution is -2.44. The van der Waals surface area contributed by atoms with E-state index in [0.717, 1.165) is 18.4 Å². The van der Waals surface area contributed by atoms with Crippen molar-refractivity contribution in [1.29, 1.82) is 0 Å². The smallest absolute Gasteiger partial charge is 0.252 e. The Labute approximate surface area is 139 Å². The first-order chi connectivity index (χ1) is 11.5. The molecule has 2 N–H and O–H groups in total. The van der Waals surface area contributed by atoms with Gasteiger partial charge in [0.2, 0.25) is 5.88 Å². The van der Waals surface area contributed by atoms with Crippen LogP contribution in [0.3, 0.4) is 0 Å². The molecule has 1 saturated carbocycles. The SMILES string of the molecule is O=C(NCc1ccc(Oc2ccc(F)cc2)nc1)C1(O)CCCC1. The van der Waals surface area contributed by atoms with Crippen molar-refractivity contribution in [3.63, 3.8) is 0 Å². The number of nitrogens with zero attached hydrogens (tertiary/aromatic N) is 1. The molecule has 0 bridgehead atoms. The highest BCUT2D eigenvalue weighted by Crippen LogP contribution is 2.29. The number of pyridine rings is 1. The number of rotatable bonds is 5. The Morgan fingerprint density at radius 2 is 1.92 bits per heavy atom. The third-order valence-corrected chi connectivity index (χ3v) is 4.14. The minimum Gasteiger partial charge on any atom is -0.439 e. The Morgan fingerprint density at radius 3 is 2.54 bits per heavy atom. The summed E-state index contributed by atoms with van der Waals surface area (Å²) in [6, 6.07) is 9.13. The molecule has 0 saturated heterocycles. The van der Waals surface area contributed by atoms with Crippen LogP contribution in [0.2, 0.25) is 0 Å². The summed E-state index contributed by atoms with van der Waals surface area (Å²) in [6.07, 6.45) is 4.38. The fraction of sp³-hybridized carbons (Fsp3) is 0.333. The molecular formula is C18H19FN2O3. The van der Waals surface area contributed by atoms with E-state index in [4.69, 9.17) is 4.74 Å². The molecule has 1 fully saturated rings. The second-order valence-corrected chi connectivity index (χ2v) is 5.98. The lowest BCUT2D eigenvalue weighted by atomic mass is 10.0. The van der Waals surface area contributed by atoms with E-state index in [1.165, 1.54) is 24.3 Å². The number of nitrogens with one attached hydrogen (secondary N) is 1. The van der Waals surface area contributed by atoms with E-state index < -0.39 is 5.60 Å². The van der Waals surface area contributed by atoms with Crippen LogP contribution in [0.25, 0.3) is 0 Å². The van der Waals surface area contributed by atoms with Gasteiger partial charge in [-0.3, -0.25) is 4.79 Å². The molecule has 1 aromatic carbocycles. The molecule has 1 aliphatic carbocycles. The molecule has 24 heavy (non-hydrogen) atoms. The van der Waals surface area contributed by atoms with Crippen molar-refractivity contribution < 1.29 is 19.0 Å². The van der Waals surface area contributed by atoms with Crippen molar-refractivity contribution in [3.05, 3.63) is 54.0 Å². The molecule has 5 nitrogen and oxygen atoms in total. The van der Waals surface area contributed by atoms with Crippen LogP contribution in [-0.4, -0.2) is 21.6 Å². The lowest BCUT2D eigenvalue weighted by molar-refractivity contribution is -0.139. The van der Waals surface area contributed by atoms with Crippen LogP contribution in [0.5, 0.6) is 11.6 Å². The largest absolute Gasteiger partial charge is 0.439 e. The van der Waals surface area contributed by atoms with Crippen LogP contribution < -0.4 is 10.1 Å². The third kappa shape index (κ3) is 3.89. The zero-order chi connectivity index (χ0) is 17.0. The van der Waals surface area contributed by atoms with E-state index in [9.17, 15) is 14.3 Å². The van der Waals surface area contributed by atoms with Gasteiger partial charge in [0, 0.05) is 18.8 Å². The molecular weight excluding hydrogens is 311 g/mol. The van der Waals surface area contributed by atoms with Crippen molar-refractivity contribution in [2.24, 2.45) is 0 Å². The van der Waals surface area contributed by atoms with Crippen LogP contribution in [-0.2, 0) is 11.3 Å². The summed E-state index contributed by atoms with van der Waals surface area (Å²) in [5.74, 6) is 0.219. The minimum atomic E-state index is -1.22. The fourth-order valence-corrected chi connectivity index (χ4v) is 2.73. The lowest BCUT2D eigenvalue weighted by Gasteiger charge is -2.20. The molecule has 0 atom stereocenters. The maximum atomic E-state index is 12.8. The average molecular weight is 330 g/mol. The molecule has 0 spiro atoms. The minimum absolute atomic E-state index is 0.297. The van der Waals surface area contributed by atoms with Crippen molar-refractivity contribution in [1.82, 2.24) is 10.3 Å². The number of carbonyl (C=O) groups is 1. The summed E-state index contributed by atoms with van der Waals surface area (Å²) >= 11 is 0. The number of ether oxygens (including phenoxy) is 1. The summed E-state index contributed by atoms with van der Waals surface area (Å²) < 4.78 is 18.4. The van der Waals surface area contributed by atoms with Gasteiger partial charge < -0.3 is 15.2 Å². The van der Waals surface area contributed by atoms with Crippen LogP contribution in [0, 0.1) is 5.82 Å². The van der Waals surface area contributed by atoms with E-state index in [-0.39, 0.29) is 11.7 Å². The first-order valence-corrected chi connectivity index (χ1v) is 7.94. The van der Waals surface area contributed by atoms with Crippen LogP contribution in [0.15, 0.2) is 42.6 Å². The Kier molecular flexibility index (Phi) is 4.76. The summed E-state index contributed by atoms with van der Waals surface area (Å²) in [5.41, 5.74) is -0.421. The molecule has 0 unspecified atom stereocenters. The number of aromatic nitrogens is 1. The maximum absolute atomic E-state index is 12.8. The Hall–Kier alpha value is -2.47. The van der Waals surface area contributed by atoms with Gasteiger partial charge in [-0.15, -0.1) is 0 Å². The second kappa shape index (κ2) is 6.97. The predicted molar refractivity (Wildman–Crippen MR) is 86.0 cm³/mol. The van der Waals surface area contributed by atoms with Crippen LogP contribution >= 0.6 is 0 Å². The standard InChI is InChI=1S/C18H19FN2O3/c19-14-4-6-15(7-5-14)24-16-8-3-13(11-20-16)12-21-17(22)18(23)9-1-2-10-18/h3-8,11,23H,1-2,9-10,12H2,(H,21,22). The number of hydrogen-bond acceptors (Lipinski definition) is 4. The van der Waals surface area contributed by atoms with E-state index >= 15 is 0 Å². The number of carbonyl (C=O) groups excluding carboxylic acids is 1. The van der Waals surface area contributed by atoms with Gasteiger partial charge >= 0.3 is 0 Å². The Bertz CT molecular complexity index is 695. The number of halogens is 1. The summed E-state index contributed by atoms with van der Waals surface area (Å²) in [7, 11) is 0. The highest BCUT2D eigenvalue weighted by atomic mass is 19.1. The summed E-state index contributed by atoms with van der Waals surface area (Å²) in [6.45, 7) is 0.297. The van der Waals surface area contributed by atoms with Crippen molar-refractivity contribution in [2.75, 3.05) is 0 Å². The molecule has 0 radical (unpaired) electrons. The zero-order valence-corrected chi connectivity index (χ0v) is 13.2. The second-order valence-electron chi connectivity index (χ2n) is 5.98. The highest BCUT2D eigenvalue weighted by Gasteiger charge is 2.38. The number of aliphatic hydroxyl groups is 1. The molecule has 0 aliphatic heterocycles. The predicted octanol–water partition coefficient (Wildman–Crippen LogP) is 2.93. The highest BCUT2D eigenvalue weighted by molar-refractivity contribution is 5.85. The van der Waals surface area contributed by atoms with Gasteiger partial charge in [-0.2, -0.15) is 0 Å². The molecule has 1 amide bonds. The van der Waals surface area contributed by atoms with Gasteiger partial charge in [0.05, 0.1) is 0 Å². The van der Waals surface area contributed by atoms with Gasteiger partial charge in [-0.05, 0) is 55.5 Å². The fourth-order valence-electron chi connectivity index (χ4n) is 2.73. The first kappa shape index (κ1) is 16.4. The van der Waals surface area contributed by atoms with Gasteiger partial charge in [-0.25, -0.2) is 9.37 Å². The molecule has 6 heteroatoms. The van der Waals surface area contributed by atoms with Crippen molar-refractivity contribution >= 4 is 5.91 Å². The maximum Gasteiger partial charge on any atom is 0.252 e. The molecule has 1 heterocycles. The van der Waals surface area contributed by atoms with E-state index in [1.54, 1.807) is 18.3 Å². The number of benzene rings is 1. The van der Waals surface area contributed by atoms with Crippen LogP contribution in [0.4, 0.5) is 4.39 Å². The molecule has 1 aromatic heterocycles. The van der Waals surface area contributed by atoms with Gasteiger partial charge in [0.15, 0.2) is 0 Å². The van der Waals surface area contributed by atoms with E-state index in [1.807, 2.05) is 0 Å². The van der Waals surface area contributed by atoms with E-state index in [2.05, 4.69) is 10.3 Å². The number of hydrogen-bond donors (Lipinski definition) is 2. The topological polar surface area (TPSA) is 71.5 Å². The number of amides is 1. The molecule has 126 valence electrons.